The molecule has 0 unspecified atom stereocenters. The van der Waals surface area contributed by atoms with E-state index in [-0.39, 0.29) is 5.75 Å². The first kappa shape index (κ1) is 10.9. The molecular weight excluding hydrogens is 226 g/mol. The summed E-state index contributed by atoms with van der Waals surface area (Å²) in [6.45, 7) is 0.353. The monoisotopic (exact) mass is 239 g/mol. The highest BCUT2D eigenvalue weighted by Gasteiger charge is 2.07. The lowest BCUT2D eigenvalue weighted by Crippen LogP contribution is -2.11. The number of nitrogens with zero attached hydrogens (tertiary/aromatic N) is 2. The minimum Gasteiger partial charge on any atom is -0.398 e. The van der Waals surface area contributed by atoms with Gasteiger partial charge in [-0.2, -0.15) is 5.10 Å². The Bertz CT molecular complexity index is 616. The van der Waals surface area contributed by atoms with Gasteiger partial charge in [0.25, 0.3) is 0 Å². The third-order valence-electron chi connectivity index (χ3n) is 2.40. The maximum absolute atomic E-state index is 11.1. The summed E-state index contributed by atoms with van der Waals surface area (Å²) in [6, 6.07) is 5.50. The Labute approximate surface area is 93.8 Å². The lowest BCUT2D eigenvalue weighted by molar-refractivity contribution is 0.589. The van der Waals surface area contributed by atoms with Crippen LogP contribution in [-0.4, -0.2) is 30.2 Å². The molecule has 1 heterocycles. The second-order valence-electron chi connectivity index (χ2n) is 3.78. The largest absolute Gasteiger partial charge is 0.398 e. The molecule has 1 aromatic carbocycles. The number of aromatic nitrogens is 2. The van der Waals surface area contributed by atoms with Gasteiger partial charge in [-0.25, -0.2) is 8.42 Å². The fraction of sp³-hybridized carbons (Fsp3) is 0.300. The molecular formula is C10H13N3O2S. The van der Waals surface area contributed by atoms with E-state index in [2.05, 4.69) is 5.10 Å². The number of anilines is 1. The normalized spacial score (nSPS) is 12.1. The van der Waals surface area contributed by atoms with E-state index < -0.39 is 9.84 Å². The van der Waals surface area contributed by atoms with E-state index in [1.54, 1.807) is 16.9 Å². The number of benzene rings is 1. The third kappa shape index (κ3) is 2.16. The van der Waals surface area contributed by atoms with E-state index in [1.165, 1.54) is 6.26 Å². The summed E-state index contributed by atoms with van der Waals surface area (Å²) >= 11 is 0. The van der Waals surface area contributed by atoms with Crippen LogP contribution in [0.5, 0.6) is 0 Å². The van der Waals surface area contributed by atoms with Crippen LogP contribution >= 0.6 is 0 Å². The summed E-state index contributed by atoms with van der Waals surface area (Å²) < 4.78 is 23.8. The Balaban J connectivity index is 2.36. The molecule has 1 aromatic heterocycles. The first-order chi connectivity index (χ1) is 7.47. The summed E-state index contributed by atoms with van der Waals surface area (Å²) in [7, 11) is -2.97. The van der Waals surface area contributed by atoms with Crippen LogP contribution in [0.4, 0.5) is 5.69 Å². The molecule has 0 saturated carbocycles. The van der Waals surface area contributed by atoms with Gasteiger partial charge >= 0.3 is 0 Å². The van der Waals surface area contributed by atoms with Gasteiger partial charge in [0, 0.05) is 17.3 Å². The zero-order chi connectivity index (χ0) is 11.8. The summed E-state index contributed by atoms with van der Waals surface area (Å²) in [6.07, 6.45) is 2.87. The Morgan fingerprint density at radius 1 is 1.44 bits per heavy atom. The summed E-state index contributed by atoms with van der Waals surface area (Å²) in [5.41, 5.74) is 7.30. The highest BCUT2D eigenvalue weighted by Crippen LogP contribution is 2.19. The second kappa shape index (κ2) is 3.79. The molecule has 0 fully saturated rings. The van der Waals surface area contributed by atoms with Crippen molar-refractivity contribution in [1.29, 1.82) is 0 Å². The number of hydrogen-bond acceptors (Lipinski definition) is 4. The molecule has 0 aliphatic carbocycles. The number of nitrogens with two attached hydrogens (primary N) is 1. The van der Waals surface area contributed by atoms with Gasteiger partial charge in [-0.1, -0.05) is 6.07 Å². The van der Waals surface area contributed by atoms with Crippen LogP contribution in [0.2, 0.25) is 0 Å². The minimum absolute atomic E-state index is 0.0819. The van der Waals surface area contributed by atoms with Crippen molar-refractivity contribution < 1.29 is 8.42 Å². The lowest BCUT2D eigenvalue weighted by atomic mass is 10.2. The van der Waals surface area contributed by atoms with Crippen molar-refractivity contribution in [2.75, 3.05) is 17.7 Å². The number of sulfone groups is 1. The van der Waals surface area contributed by atoms with E-state index in [0.29, 0.717) is 12.2 Å². The molecule has 0 atom stereocenters. The number of hydrogen-bond donors (Lipinski definition) is 1. The first-order valence-electron chi connectivity index (χ1n) is 4.85. The van der Waals surface area contributed by atoms with Crippen molar-refractivity contribution >= 4 is 26.4 Å². The first-order valence-corrected chi connectivity index (χ1v) is 6.91. The zero-order valence-electron chi connectivity index (χ0n) is 8.92. The molecule has 2 rings (SSSR count). The Morgan fingerprint density at radius 3 is 2.88 bits per heavy atom. The number of aryl methyl sites for hydroxylation is 1. The van der Waals surface area contributed by atoms with E-state index in [4.69, 9.17) is 5.73 Å². The molecule has 0 aliphatic rings. The molecule has 0 spiro atoms. The maximum atomic E-state index is 11.1. The van der Waals surface area contributed by atoms with E-state index in [9.17, 15) is 8.42 Å². The van der Waals surface area contributed by atoms with E-state index in [1.807, 2.05) is 12.1 Å². The van der Waals surface area contributed by atoms with Gasteiger partial charge in [-0.15, -0.1) is 0 Å². The fourth-order valence-electron chi connectivity index (χ4n) is 1.56. The van der Waals surface area contributed by atoms with E-state index in [0.717, 1.165) is 10.9 Å². The van der Waals surface area contributed by atoms with Crippen molar-refractivity contribution in [3.05, 3.63) is 24.4 Å². The number of rotatable bonds is 3. The highest BCUT2D eigenvalue weighted by atomic mass is 32.2. The topological polar surface area (TPSA) is 78.0 Å². The Hall–Kier alpha value is -1.56. The van der Waals surface area contributed by atoms with Gasteiger partial charge in [-0.3, -0.25) is 4.68 Å². The Kier molecular flexibility index (Phi) is 2.59. The van der Waals surface area contributed by atoms with Gasteiger partial charge in [0.15, 0.2) is 0 Å². The molecule has 0 bridgehead atoms. The lowest BCUT2D eigenvalue weighted by Gasteiger charge is -2.02. The molecule has 0 radical (unpaired) electrons. The van der Waals surface area contributed by atoms with Crippen LogP contribution in [0.1, 0.15) is 0 Å². The van der Waals surface area contributed by atoms with E-state index >= 15 is 0 Å². The van der Waals surface area contributed by atoms with Crippen molar-refractivity contribution in [2.24, 2.45) is 0 Å². The van der Waals surface area contributed by atoms with Crippen molar-refractivity contribution in [2.45, 2.75) is 6.54 Å². The number of fused-ring (bicyclic) bond motifs is 1. The maximum Gasteiger partial charge on any atom is 0.149 e. The minimum atomic E-state index is -2.97. The Morgan fingerprint density at radius 2 is 2.19 bits per heavy atom. The van der Waals surface area contributed by atoms with Crippen molar-refractivity contribution in [3.8, 4) is 0 Å². The van der Waals surface area contributed by atoms with Crippen molar-refractivity contribution in [1.82, 2.24) is 9.78 Å². The van der Waals surface area contributed by atoms with Crippen LogP contribution in [0, 0.1) is 0 Å². The molecule has 6 heteroatoms. The number of nitrogen functional groups attached to an aromatic ring is 1. The van der Waals surface area contributed by atoms with Crippen LogP contribution in [-0.2, 0) is 16.4 Å². The molecule has 86 valence electrons. The highest BCUT2D eigenvalue weighted by molar-refractivity contribution is 7.90. The molecule has 0 amide bonds. The van der Waals surface area contributed by atoms with Gasteiger partial charge in [-0.05, 0) is 12.1 Å². The van der Waals surface area contributed by atoms with Crippen LogP contribution in [0.3, 0.4) is 0 Å². The van der Waals surface area contributed by atoms with Crippen LogP contribution in [0.25, 0.3) is 10.9 Å². The fourth-order valence-corrected chi connectivity index (χ4v) is 2.06. The quantitative estimate of drug-likeness (QED) is 0.798. The van der Waals surface area contributed by atoms with Gasteiger partial charge in [0.1, 0.15) is 9.84 Å². The molecule has 16 heavy (non-hydrogen) atoms. The molecule has 0 aliphatic heterocycles. The average molecular weight is 239 g/mol. The predicted octanol–water partition coefficient (Wildman–Crippen LogP) is 0.663. The molecule has 2 aromatic rings. The van der Waals surface area contributed by atoms with Crippen LogP contribution < -0.4 is 5.73 Å². The van der Waals surface area contributed by atoms with Gasteiger partial charge < -0.3 is 5.73 Å². The molecule has 2 N–H and O–H groups in total. The summed E-state index contributed by atoms with van der Waals surface area (Å²) in [5, 5.41) is 4.99. The van der Waals surface area contributed by atoms with Gasteiger partial charge in [0.2, 0.25) is 0 Å². The average Bonchev–Trinajstić information content (AvgIpc) is 2.58. The zero-order valence-corrected chi connectivity index (χ0v) is 9.74. The summed E-state index contributed by atoms with van der Waals surface area (Å²) in [5.74, 6) is 0.0819. The standard InChI is InChI=1S/C10H13N3O2S/c1-16(14,15)6-5-13-10-4-2-3-9(11)8(10)7-12-13/h2-4,7H,5-6,11H2,1H3. The van der Waals surface area contributed by atoms with Crippen molar-refractivity contribution in [3.63, 3.8) is 0 Å². The molecule has 5 nitrogen and oxygen atoms in total. The van der Waals surface area contributed by atoms with Crippen LogP contribution in [0.15, 0.2) is 24.4 Å². The third-order valence-corrected chi connectivity index (χ3v) is 3.32. The SMILES string of the molecule is CS(=O)(=O)CCn1ncc2c(N)cccc21. The molecule has 0 saturated heterocycles. The summed E-state index contributed by atoms with van der Waals surface area (Å²) in [4.78, 5) is 0. The predicted molar refractivity (Wildman–Crippen MR) is 63.9 cm³/mol. The second-order valence-corrected chi connectivity index (χ2v) is 6.04. The van der Waals surface area contributed by atoms with Gasteiger partial charge in [0.05, 0.1) is 24.0 Å². The smallest absolute Gasteiger partial charge is 0.149 e.